The molecule has 1 unspecified atom stereocenters. The summed E-state index contributed by atoms with van der Waals surface area (Å²) >= 11 is 3.33. The number of anilines is 1. The third kappa shape index (κ3) is 7.33. The summed E-state index contributed by atoms with van der Waals surface area (Å²) in [5.74, 6) is -3.87. The lowest BCUT2D eigenvalue weighted by molar-refractivity contribution is -0.150. The normalized spacial score (nSPS) is 18.5. The predicted octanol–water partition coefficient (Wildman–Crippen LogP) is -1.04. The minimum atomic E-state index is -1.33. The molecular weight excluding hydrogens is 615 g/mol. The smallest absolute Gasteiger partial charge is 0.352 e. The van der Waals surface area contributed by atoms with Gasteiger partial charge in [-0.3, -0.25) is 14.5 Å². The van der Waals surface area contributed by atoms with Gasteiger partial charge in [-0.2, -0.15) is 9.36 Å². The van der Waals surface area contributed by atoms with E-state index in [-0.39, 0.29) is 28.2 Å². The summed E-state index contributed by atoms with van der Waals surface area (Å²) < 4.78 is 5.55. The molecule has 2 amide bonds. The lowest BCUT2D eigenvalue weighted by Gasteiger charge is -2.49. The highest BCUT2D eigenvalue weighted by atomic mass is 32.2. The number of oxime groups is 1. The second-order valence-electron chi connectivity index (χ2n) is 8.86. The van der Waals surface area contributed by atoms with Crippen LogP contribution in [0.5, 0.6) is 0 Å². The topological polar surface area (TPSA) is 267 Å². The zero-order valence-corrected chi connectivity index (χ0v) is 24.4. The predicted molar refractivity (Wildman–Crippen MR) is 150 cm³/mol. The van der Waals surface area contributed by atoms with Gasteiger partial charge in [0.1, 0.15) is 17.1 Å². The summed E-state index contributed by atoms with van der Waals surface area (Å²) in [7, 11) is 0. The Morgan fingerprint density at radius 1 is 1.21 bits per heavy atom. The summed E-state index contributed by atoms with van der Waals surface area (Å²) in [6, 6.07) is -1.08. The Labute approximate surface area is 250 Å². The molecule has 1 saturated heterocycles. The van der Waals surface area contributed by atoms with Crippen LogP contribution in [0.1, 0.15) is 31.5 Å². The highest BCUT2D eigenvalue weighted by molar-refractivity contribution is 8.01. The van der Waals surface area contributed by atoms with Crippen molar-refractivity contribution in [3.8, 4) is 0 Å². The van der Waals surface area contributed by atoms with E-state index in [0.29, 0.717) is 23.8 Å². The summed E-state index contributed by atoms with van der Waals surface area (Å²) in [4.78, 5) is 58.8. The third-order valence-electron chi connectivity index (χ3n) is 5.95. The Balaban J connectivity index is 1.42. The van der Waals surface area contributed by atoms with Crippen LogP contribution in [0.2, 0.25) is 0 Å². The van der Waals surface area contributed by atoms with Crippen LogP contribution >= 0.6 is 35.1 Å². The number of fused-ring (bicyclic) bond motifs is 1. The number of aliphatic carboxylic acids is 2. The van der Waals surface area contributed by atoms with E-state index in [1.807, 2.05) is 0 Å². The number of nitrogens with zero attached hydrogens (tertiary/aromatic N) is 8. The van der Waals surface area contributed by atoms with Crippen LogP contribution in [0, 0.1) is 0 Å². The molecule has 0 bridgehead atoms. The molecule has 0 radical (unpaired) electrons. The highest BCUT2D eigenvalue weighted by Gasteiger charge is 2.54. The molecule has 0 aliphatic carbocycles. The molecule has 2 aromatic rings. The minimum absolute atomic E-state index is 0.0237. The second kappa shape index (κ2) is 14.4. The number of aromatic nitrogens is 6. The number of hydrogen-bond donors (Lipinski definition) is 5. The van der Waals surface area contributed by atoms with Crippen molar-refractivity contribution in [3.05, 3.63) is 17.1 Å². The summed E-state index contributed by atoms with van der Waals surface area (Å²) in [6.07, 6.45) is 3.83. The van der Waals surface area contributed by atoms with Crippen molar-refractivity contribution in [2.45, 2.75) is 48.8 Å². The van der Waals surface area contributed by atoms with Gasteiger partial charge in [-0.05, 0) is 35.4 Å². The van der Waals surface area contributed by atoms with Gasteiger partial charge >= 0.3 is 11.9 Å². The number of aryl methyl sites for hydroxylation is 1. The number of amides is 2. The molecular formula is C21H27N11O7S3. The quantitative estimate of drug-likeness (QED) is 0.0481. The number of carboxylic acid groups (broad SMARTS) is 2. The van der Waals surface area contributed by atoms with Gasteiger partial charge in [0.2, 0.25) is 23.3 Å². The van der Waals surface area contributed by atoms with Crippen molar-refractivity contribution < 1.29 is 34.2 Å². The molecule has 0 spiro atoms. The number of β-lactam (4-membered cyclic amide) rings is 1. The molecule has 18 nitrogen and oxygen atoms in total. The van der Waals surface area contributed by atoms with E-state index in [9.17, 15) is 24.3 Å². The number of carboxylic acids is 2. The fourth-order valence-electron chi connectivity index (χ4n) is 4.02. The molecule has 2 atom stereocenters. The number of rotatable bonds is 16. The molecule has 4 rings (SSSR count). The van der Waals surface area contributed by atoms with Gasteiger partial charge in [0.05, 0.1) is 0 Å². The molecule has 2 aliphatic rings. The molecule has 21 heteroatoms. The first-order valence-corrected chi connectivity index (χ1v) is 15.3. The Morgan fingerprint density at radius 3 is 2.69 bits per heavy atom. The van der Waals surface area contributed by atoms with Crippen molar-refractivity contribution in [3.63, 3.8) is 0 Å². The van der Waals surface area contributed by atoms with Crippen molar-refractivity contribution in [2.75, 3.05) is 30.4 Å². The standard InChI is InChI=1S/C21H27N11O7S3/c22-5-3-1-2-4-6-31-21(26-29-30-31)41-9-10-8-40-18-13(17(36)32(18)14(10)19(37)38)24-16(35)12(27-39-7-11(33)34)15-25-20(23)42-28-15/h13,18H,1-9,22H2,(H,24,35)(H,33,34)(H,37,38)(H2,23,25,28)/t13?,18-/m0/s1. The average Bonchev–Trinajstić information content (AvgIpc) is 3.60. The van der Waals surface area contributed by atoms with E-state index >= 15 is 0 Å². The van der Waals surface area contributed by atoms with Crippen LogP contribution < -0.4 is 16.8 Å². The fourth-order valence-corrected chi connectivity index (χ4v) is 6.85. The maximum atomic E-state index is 13.1. The minimum Gasteiger partial charge on any atom is -0.479 e. The van der Waals surface area contributed by atoms with Gasteiger partial charge in [0.15, 0.2) is 5.13 Å². The first-order chi connectivity index (χ1) is 20.2. The molecule has 2 aromatic heterocycles. The largest absolute Gasteiger partial charge is 0.479 e. The summed E-state index contributed by atoms with van der Waals surface area (Å²) in [5.41, 5.74) is 11.0. The number of nitrogen functional groups attached to an aromatic ring is 1. The molecule has 2 aliphatic heterocycles. The Morgan fingerprint density at radius 2 is 2.00 bits per heavy atom. The zero-order valence-electron chi connectivity index (χ0n) is 21.9. The Kier molecular flexibility index (Phi) is 10.7. The van der Waals surface area contributed by atoms with Crippen molar-refractivity contribution >= 4 is 69.7 Å². The Bertz CT molecular complexity index is 1400. The van der Waals surface area contributed by atoms with Gasteiger partial charge in [-0.1, -0.05) is 29.8 Å². The van der Waals surface area contributed by atoms with E-state index in [4.69, 9.17) is 16.6 Å². The number of tetrazole rings is 1. The van der Waals surface area contributed by atoms with E-state index in [1.54, 1.807) is 4.68 Å². The number of nitrogens with one attached hydrogen (secondary N) is 1. The number of hydrogen-bond acceptors (Lipinski definition) is 16. The molecule has 42 heavy (non-hydrogen) atoms. The van der Waals surface area contributed by atoms with E-state index in [0.717, 1.165) is 42.1 Å². The molecule has 4 heterocycles. The zero-order chi connectivity index (χ0) is 30.2. The lowest BCUT2D eigenvalue weighted by Crippen LogP contribution is -2.71. The summed E-state index contributed by atoms with van der Waals surface area (Å²) in [6.45, 7) is 0.430. The fraction of sp³-hybridized carbons (Fsp3) is 0.524. The average molecular weight is 642 g/mol. The number of carbonyl (C=O) groups is 4. The van der Waals surface area contributed by atoms with Crippen LogP contribution in [0.25, 0.3) is 0 Å². The molecule has 7 N–H and O–H groups in total. The van der Waals surface area contributed by atoms with E-state index in [2.05, 4.69) is 40.2 Å². The first kappa shape index (κ1) is 31.1. The van der Waals surface area contributed by atoms with Gasteiger partial charge in [-0.25, -0.2) is 14.3 Å². The monoisotopic (exact) mass is 641 g/mol. The van der Waals surface area contributed by atoms with Crippen molar-refractivity contribution in [1.29, 1.82) is 0 Å². The van der Waals surface area contributed by atoms with Crippen LogP contribution in [-0.2, 0) is 30.6 Å². The number of carbonyl (C=O) groups excluding carboxylic acids is 2. The van der Waals surface area contributed by atoms with E-state index in [1.165, 1.54) is 23.5 Å². The molecule has 0 aromatic carbocycles. The first-order valence-electron chi connectivity index (χ1n) is 12.5. The van der Waals surface area contributed by atoms with Gasteiger partial charge < -0.3 is 31.8 Å². The van der Waals surface area contributed by atoms with Gasteiger partial charge in [-0.15, -0.1) is 16.9 Å². The lowest BCUT2D eigenvalue weighted by atomic mass is 10.0. The van der Waals surface area contributed by atoms with Crippen LogP contribution in [0.3, 0.4) is 0 Å². The van der Waals surface area contributed by atoms with Gasteiger partial charge in [0, 0.05) is 29.6 Å². The molecule has 226 valence electrons. The van der Waals surface area contributed by atoms with Crippen LogP contribution in [-0.4, -0.2) is 110 Å². The Hall–Kier alpha value is -3.82. The summed E-state index contributed by atoms with van der Waals surface area (Å²) in [5, 5.41) is 36.4. The maximum Gasteiger partial charge on any atom is 0.352 e. The van der Waals surface area contributed by atoms with Crippen molar-refractivity contribution in [1.82, 2.24) is 39.8 Å². The number of thioether (sulfide) groups is 2. The number of unbranched alkanes of at least 4 members (excludes halogenated alkanes) is 3. The molecule has 0 saturated carbocycles. The molecule has 1 fully saturated rings. The van der Waals surface area contributed by atoms with Crippen LogP contribution in [0.4, 0.5) is 5.13 Å². The number of nitrogens with two attached hydrogens (primary N) is 2. The van der Waals surface area contributed by atoms with Crippen molar-refractivity contribution in [2.24, 2.45) is 10.9 Å². The SMILES string of the molecule is NCCCCCCn1nnnc1SCC1=C(C(=O)O)N2C(=O)C(NC(=O)C(=NOCC(=O)O)c3nsc(N)n3)[C@@H]2SC1. The van der Waals surface area contributed by atoms with E-state index < -0.39 is 47.5 Å². The van der Waals surface area contributed by atoms with Gasteiger partial charge in [0.25, 0.3) is 11.8 Å². The van der Waals surface area contributed by atoms with Crippen LogP contribution in [0.15, 0.2) is 21.6 Å². The second-order valence-corrected chi connectivity index (χ2v) is 11.7. The third-order valence-corrected chi connectivity index (χ3v) is 8.87. The maximum absolute atomic E-state index is 13.1. The highest BCUT2D eigenvalue weighted by Crippen LogP contribution is 2.41.